The minimum Gasteiger partial charge on any atom is -0.478 e. The third kappa shape index (κ3) is 5.14. The predicted molar refractivity (Wildman–Crippen MR) is 134 cm³/mol. The van der Waals surface area contributed by atoms with Crippen LogP contribution in [0.3, 0.4) is 0 Å². The summed E-state index contributed by atoms with van der Waals surface area (Å²) >= 11 is 0. The second-order valence-corrected chi connectivity index (χ2v) is 10.7. The molecule has 0 amide bonds. The number of rotatable bonds is 10. The maximum Gasteiger partial charge on any atom is 0.337 e. The van der Waals surface area contributed by atoms with Crippen LogP contribution in [-0.4, -0.2) is 43.2 Å². The number of allylic oxidation sites excluding steroid dienone is 1. The fourth-order valence-corrected chi connectivity index (χ4v) is 6.98. The number of nitrogens with zero attached hydrogens (tertiary/aromatic N) is 1. The van der Waals surface area contributed by atoms with Crippen molar-refractivity contribution >= 4 is 17.6 Å². The average molecular weight is 478 g/mol. The Kier molecular flexibility index (Phi) is 6.94. The molecule has 2 aromatic rings. The molecule has 0 saturated heterocycles. The van der Waals surface area contributed by atoms with Crippen molar-refractivity contribution in [3.63, 3.8) is 0 Å². The summed E-state index contributed by atoms with van der Waals surface area (Å²) in [4.78, 5) is 15.4. The number of hydrogen-bond donors (Lipinski definition) is 1. The van der Waals surface area contributed by atoms with Gasteiger partial charge in [-0.05, 0) is 110 Å². The molecule has 6 rings (SSSR count). The summed E-state index contributed by atoms with van der Waals surface area (Å²) in [5, 5.41) is 9.13. The molecule has 1 N–H and O–H groups in total. The fraction of sp³-hybridized carbons (Fsp3) is 0.517. The second-order valence-electron chi connectivity index (χ2n) is 10.7. The number of aromatic nitrogens is 1. The number of carbonyl (C=O) groups is 1. The van der Waals surface area contributed by atoms with Crippen molar-refractivity contribution in [3.05, 3.63) is 58.9 Å². The monoisotopic (exact) mass is 477 g/mol. The van der Waals surface area contributed by atoms with Crippen molar-refractivity contribution in [1.29, 1.82) is 0 Å². The first kappa shape index (κ1) is 24.0. The van der Waals surface area contributed by atoms with Crippen LogP contribution in [0, 0.1) is 17.8 Å². The van der Waals surface area contributed by atoms with Crippen LogP contribution >= 0.6 is 0 Å². The van der Waals surface area contributed by atoms with E-state index in [1.807, 2.05) is 6.08 Å². The van der Waals surface area contributed by atoms with Gasteiger partial charge in [-0.25, -0.2) is 4.79 Å². The van der Waals surface area contributed by atoms with Gasteiger partial charge in [0.05, 0.1) is 24.5 Å². The van der Waals surface area contributed by atoms with Gasteiger partial charge in [0.1, 0.15) is 5.75 Å². The van der Waals surface area contributed by atoms with Crippen molar-refractivity contribution in [1.82, 2.24) is 4.98 Å². The van der Waals surface area contributed by atoms with E-state index in [2.05, 4.69) is 30.1 Å². The van der Waals surface area contributed by atoms with Gasteiger partial charge in [0.2, 0.25) is 0 Å². The maximum atomic E-state index is 11.1. The minimum absolute atomic E-state index is 0.189. The summed E-state index contributed by atoms with van der Waals surface area (Å²) in [5.74, 6) is 2.48. The SMILES string of the molecule is COCCOCOc1ccc(C(C)=Cc2ccc(C(=O)O)cn2)cc1C12CC3CC(CC(C3)C1)C2. The van der Waals surface area contributed by atoms with Crippen LogP contribution in [0.1, 0.15) is 72.6 Å². The number of ether oxygens (including phenoxy) is 3. The van der Waals surface area contributed by atoms with Gasteiger partial charge in [-0.1, -0.05) is 6.07 Å². The van der Waals surface area contributed by atoms with Crippen LogP contribution in [0.25, 0.3) is 11.6 Å². The Hall–Kier alpha value is -2.70. The first-order valence-electron chi connectivity index (χ1n) is 12.7. The number of hydrogen-bond acceptors (Lipinski definition) is 5. The molecular formula is C29H35NO5. The van der Waals surface area contributed by atoms with Crippen molar-refractivity contribution in [2.24, 2.45) is 17.8 Å². The zero-order chi connectivity index (χ0) is 24.4. The third-order valence-electron chi connectivity index (χ3n) is 8.17. The highest BCUT2D eigenvalue weighted by Crippen LogP contribution is 2.62. The summed E-state index contributed by atoms with van der Waals surface area (Å²) < 4.78 is 16.9. The summed E-state index contributed by atoms with van der Waals surface area (Å²) in [7, 11) is 1.67. The molecule has 0 aliphatic heterocycles. The van der Waals surface area contributed by atoms with Gasteiger partial charge in [-0.15, -0.1) is 0 Å². The van der Waals surface area contributed by atoms with E-state index in [9.17, 15) is 4.79 Å². The van der Waals surface area contributed by atoms with Crippen LogP contribution in [0.4, 0.5) is 0 Å². The Morgan fingerprint density at radius 1 is 1.06 bits per heavy atom. The lowest BCUT2D eigenvalue weighted by atomic mass is 9.48. The number of pyridine rings is 1. The summed E-state index contributed by atoms with van der Waals surface area (Å²) in [5.41, 5.74) is 4.69. The smallest absolute Gasteiger partial charge is 0.337 e. The Morgan fingerprint density at radius 3 is 2.34 bits per heavy atom. The highest BCUT2D eigenvalue weighted by Gasteiger charge is 2.52. The lowest BCUT2D eigenvalue weighted by Gasteiger charge is -2.57. The fourth-order valence-electron chi connectivity index (χ4n) is 6.98. The zero-order valence-corrected chi connectivity index (χ0v) is 20.7. The molecule has 1 aromatic heterocycles. The van der Waals surface area contributed by atoms with Crippen LogP contribution in [0.15, 0.2) is 36.5 Å². The van der Waals surface area contributed by atoms with Crippen LogP contribution < -0.4 is 4.74 Å². The number of carboxylic acid groups (broad SMARTS) is 1. The molecule has 0 radical (unpaired) electrons. The van der Waals surface area contributed by atoms with Gasteiger partial charge >= 0.3 is 5.97 Å². The first-order chi connectivity index (χ1) is 17.0. The van der Waals surface area contributed by atoms with E-state index in [0.29, 0.717) is 13.2 Å². The van der Waals surface area contributed by atoms with Crippen molar-refractivity contribution in [3.8, 4) is 5.75 Å². The number of carboxylic acids is 1. The van der Waals surface area contributed by atoms with Gasteiger partial charge in [-0.3, -0.25) is 4.98 Å². The number of aromatic carboxylic acids is 1. The van der Waals surface area contributed by atoms with E-state index in [1.54, 1.807) is 19.2 Å². The van der Waals surface area contributed by atoms with E-state index in [1.165, 1.54) is 50.3 Å². The molecule has 4 aliphatic carbocycles. The average Bonchev–Trinajstić information content (AvgIpc) is 2.83. The van der Waals surface area contributed by atoms with Crippen LogP contribution in [0.5, 0.6) is 5.75 Å². The van der Waals surface area contributed by atoms with Crippen molar-refractivity contribution in [2.75, 3.05) is 27.1 Å². The topological polar surface area (TPSA) is 77.9 Å². The molecule has 4 aliphatic rings. The first-order valence-corrected chi connectivity index (χ1v) is 12.7. The molecule has 0 atom stereocenters. The molecular weight excluding hydrogens is 442 g/mol. The third-order valence-corrected chi connectivity index (χ3v) is 8.17. The number of benzene rings is 1. The Bertz CT molecular complexity index is 1060. The van der Waals surface area contributed by atoms with E-state index in [4.69, 9.17) is 19.3 Å². The predicted octanol–water partition coefficient (Wildman–Crippen LogP) is 5.81. The van der Waals surface area contributed by atoms with Crippen LogP contribution in [-0.2, 0) is 14.9 Å². The highest BCUT2D eigenvalue weighted by molar-refractivity contribution is 5.87. The van der Waals surface area contributed by atoms with E-state index < -0.39 is 5.97 Å². The largest absolute Gasteiger partial charge is 0.478 e. The molecule has 6 nitrogen and oxygen atoms in total. The standard InChI is InChI=1S/C29H35NO5/c1-19(9-25-5-3-24(17-30-25)28(31)32)23-4-6-27(35-18-34-8-7-33-2)26(13-23)29-14-20-10-21(15-29)12-22(11-20)16-29/h3-6,9,13,17,20-22H,7-8,10-12,14-16,18H2,1-2H3,(H,31,32). The Morgan fingerprint density at radius 2 is 1.74 bits per heavy atom. The molecule has 186 valence electrons. The van der Waals surface area contributed by atoms with Gasteiger partial charge in [0.25, 0.3) is 0 Å². The lowest BCUT2D eigenvalue weighted by Crippen LogP contribution is -2.48. The molecule has 1 heterocycles. The second kappa shape index (κ2) is 10.1. The molecule has 0 unspecified atom stereocenters. The summed E-state index contributed by atoms with van der Waals surface area (Å²) in [6.45, 7) is 3.36. The zero-order valence-electron chi connectivity index (χ0n) is 20.7. The molecule has 6 heteroatoms. The number of methoxy groups -OCH3 is 1. The Balaban J connectivity index is 1.44. The van der Waals surface area contributed by atoms with Crippen molar-refractivity contribution < 1.29 is 24.1 Å². The van der Waals surface area contributed by atoms with Gasteiger partial charge in [0.15, 0.2) is 6.79 Å². The summed E-state index contributed by atoms with van der Waals surface area (Å²) in [6, 6.07) is 9.87. The quantitative estimate of drug-likeness (QED) is 0.344. The van der Waals surface area contributed by atoms with Gasteiger partial charge in [0, 0.05) is 18.9 Å². The van der Waals surface area contributed by atoms with E-state index in [0.717, 1.165) is 40.3 Å². The lowest BCUT2D eigenvalue weighted by molar-refractivity contribution is -0.0189. The molecule has 1 aromatic carbocycles. The highest BCUT2D eigenvalue weighted by atomic mass is 16.7. The van der Waals surface area contributed by atoms with Crippen molar-refractivity contribution in [2.45, 2.75) is 50.9 Å². The molecule has 4 fully saturated rings. The molecule has 35 heavy (non-hydrogen) atoms. The van der Waals surface area contributed by atoms with E-state index >= 15 is 0 Å². The summed E-state index contributed by atoms with van der Waals surface area (Å²) in [6.07, 6.45) is 11.4. The Labute approximate surface area is 207 Å². The van der Waals surface area contributed by atoms with Crippen LogP contribution in [0.2, 0.25) is 0 Å². The minimum atomic E-state index is -0.966. The van der Waals surface area contributed by atoms with Gasteiger partial charge < -0.3 is 19.3 Å². The normalized spacial score (nSPS) is 27.3. The van der Waals surface area contributed by atoms with E-state index in [-0.39, 0.29) is 17.8 Å². The molecule has 4 saturated carbocycles. The maximum absolute atomic E-state index is 11.1. The van der Waals surface area contributed by atoms with Gasteiger partial charge in [-0.2, -0.15) is 0 Å². The molecule has 0 spiro atoms. The molecule has 4 bridgehead atoms.